The fourth-order valence-corrected chi connectivity index (χ4v) is 1.58. The molecule has 0 fully saturated rings. The highest BCUT2D eigenvalue weighted by Crippen LogP contribution is 2.21. The van der Waals surface area contributed by atoms with Gasteiger partial charge >= 0.3 is 0 Å². The number of ketones is 1. The predicted molar refractivity (Wildman–Crippen MR) is 66.3 cm³/mol. The molecule has 0 atom stereocenters. The van der Waals surface area contributed by atoms with E-state index in [1.807, 2.05) is 13.8 Å². The third kappa shape index (κ3) is 4.52. The van der Waals surface area contributed by atoms with Gasteiger partial charge in [0.1, 0.15) is 6.61 Å². The summed E-state index contributed by atoms with van der Waals surface area (Å²) < 4.78 is 5.22. The number of hydrogen-bond donors (Lipinski definition) is 0. The molecule has 0 aliphatic heterocycles. The van der Waals surface area contributed by atoms with Crippen LogP contribution >= 0.6 is 23.2 Å². The molecule has 0 unspecified atom stereocenters. The number of Topliss-reactive ketones (excluding diaryl/α,β-unsaturated/α-hetero) is 1. The van der Waals surface area contributed by atoms with E-state index in [9.17, 15) is 4.79 Å². The lowest BCUT2D eigenvalue weighted by molar-refractivity contribution is -0.124. The Kier molecular flexibility index (Phi) is 5.26. The summed E-state index contributed by atoms with van der Waals surface area (Å²) in [6.45, 7) is 3.89. The topological polar surface area (TPSA) is 26.3 Å². The van der Waals surface area contributed by atoms with Crippen molar-refractivity contribution in [2.24, 2.45) is 0 Å². The molecule has 0 heterocycles. The Morgan fingerprint density at radius 1 is 1.38 bits per heavy atom. The van der Waals surface area contributed by atoms with Crippen LogP contribution in [0.3, 0.4) is 0 Å². The summed E-state index contributed by atoms with van der Waals surface area (Å²) >= 11 is 11.8. The fraction of sp³-hybridized carbons (Fsp3) is 0.417. The molecule has 2 nitrogen and oxygen atoms in total. The summed E-state index contributed by atoms with van der Waals surface area (Å²) in [5.41, 5.74) is 0.742. The van der Waals surface area contributed by atoms with Crippen molar-refractivity contribution in [3.8, 4) is 0 Å². The van der Waals surface area contributed by atoms with E-state index in [1.54, 1.807) is 18.2 Å². The minimum atomic E-state index is -0.00198. The molecule has 16 heavy (non-hydrogen) atoms. The lowest BCUT2D eigenvalue weighted by atomic mass is 10.1. The molecule has 0 amide bonds. The SMILES string of the molecule is CC(C)OCC(=O)Cc1cc(Cl)ccc1Cl. The molecular formula is C12H14Cl2O2. The molecule has 0 aromatic heterocycles. The smallest absolute Gasteiger partial charge is 0.162 e. The summed E-state index contributed by atoms with van der Waals surface area (Å²) in [7, 11) is 0. The largest absolute Gasteiger partial charge is 0.371 e. The maximum atomic E-state index is 11.6. The number of benzene rings is 1. The summed E-state index contributed by atoms with van der Waals surface area (Å²) in [4.78, 5) is 11.6. The second kappa shape index (κ2) is 6.24. The first-order chi connectivity index (χ1) is 7.49. The summed E-state index contributed by atoms with van der Waals surface area (Å²) in [6, 6.07) is 5.09. The Hall–Kier alpha value is -0.570. The normalized spacial score (nSPS) is 10.8. The van der Waals surface area contributed by atoms with E-state index in [-0.39, 0.29) is 24.9 Å². The van der Waals surface area contributed by atoms with Gasteiger partial charge in [0, 0.05) is 16.5 Å². The summed E-state index contributed by atoms with van der Waals surface area (Å²) in [5, 5.41) is 1.14. The van der Waals surface area contributed by atoms with Crippen LogP contribution in [-0.4, -0.2) is 18.5 Å². The van der Waals surface area contributed by atoms with Crippen LogP contribution in [0.15, 0.2) is 18.2 Å². The van der Waals surface area contributed by atoms with Crippen LogP contribution in [-0.2, 0) is 16.0 Å². The van der Waals surface area contributed by atoms with Crippen LogP contribution in [0.25, 0.3) is 0 Å². The number of hydrogen-bond acceptors (Lipinski definition) is 2. The molecule has 88 valence electrons. The highest BCUT2D eigenvalue weighted by atomic mass is 35.5. The third-order valence-corrected chi connectivity index (χ3v) is 2.58. The summed E-state index contributed by atoms with van der Waals surface area (Å²) in [6.07, 6.45) is 0.310. The number of carbonyl (C=O) groups is 1. The van der Waals surface area contributed by atoms with Crippen molar-refractivity contribution in [1.29, 1.82) is 0 Å². The molecule has 4 heteroatoms. The van der Waals surface area contributed by atoms with Gasteiger partial charge in [-0.15, -0.1) is 0 Å². The average molecular weight is 261 g/mol. The van der Waals surface area contributed by atoms with Crippen molar-refractivity contribution >= 4 is 29.0 Å². The van der Waals surface area contributed by atoms with Gasteiger partial charge in [0.05, 0.1) is 6.10 Å². The molecule has 0 saturated carbocycles. The second-order valence-corrected chi connectivity index (χ2v) is 4.65. The van der Waals surface area contributed by atoms with Gasteiger partial charge in [-0.25, -0.2) is 0 Å². The minimum absolute atomic E-state index is 0.00198. The van der Waals surface area contributed by atoms with E-state index in [2.05, 4.69) is 0 Å². The van der Waals surface area contributed by atoms with Gasteiger partial charge in [-0.2, -0.15) is 0 Å². The third-order valence-electron chi connectivity index (χ3n) is 1.97. The van der Waals surface area contributed by atoms with E-state index in [1.165, 1.54) is 0 Å². The second-order valence-electron chi connectivity index (χ2n) is 3.81. The Bertz CT molecular complexity index is 375. The van der Waals surface area contributed by atoms with E-state index >= 15 is 0 Å². The lowest BCUT2D eigenvalue weighted by Crippen LogP contribution is -2.15. The monoisotopic (exact) mass is 260 g/mol. The number of carbonyl (C=O) groups excluding carboxylic acids is 1. The Morgan fingerprint density at radius 2 is 2.06 bits per heavy atom. The molecule has 0 N–H and O–H groups in total. The van der Waals surface area contributed by atoms with Crippen LogP contribution in [0.4, 0.5) is 0 Å². The fourth-order valence-electron chi connectivity index (χ4n) is 1.20. The van der Waals surface area contributed by atoms with E-state index in [0.717, 1.165) is 5.56 Å². The van der Waals surface area contributed by atoms with Crippen LogP contribution in [0, 0.1) is 0 Å². The van der Waals surface area contributed by atoms with Gasteiger partial charge < -0.3 is 4.74 Å². The number of ether oxygens (including phenoxy) is 1. The maximum Gasteiger partial charge on any atom is 0.162 e. The highest BCUT2D eigenvalue weighted by Gasteiger charge is 2.08. The molecule has 0 saturated heterocycles. The van der Waals surface area contributed by atoms with Crippen molar-refractivity contribution in [2.45, 2.75) is 26.4 Å². The highest BCUT2D eigenvalue weighted by molar-refractivity contribution is 6.33. The molecule has 1 rings (SSSR count). The predicted octanol–water partition coefficient (Wildman–Crippen LogP) is 3.53. The van der Waals surface area contributed by atoms with Crippen molar-refractivity contribution in [3.63, 3.8) is 0 Å². The maximum absolute atomic E-state index is 11.6. The minimum Gasteiger partial charge on any atom is -0.371 e. The molecule has 0 aliphatic rings. The zero-order valence-corrected chi connectivity index (χ0v) is 10.8. The average Bonchev–Trinajstić information content (AvgIpc) is 2.20. The number of rotatable bonds is 5. The Morgan fingerprint density at radius 3 is 2.69 bits per heavy atom. The number of halogens is 2. The van der Waals surface area contributed by atoms with Crippen LogP contribution in [0.5, 0.6) is 0 Å². The molecule has 0 bridgehead atoms. The van der Waals surface area contributed by atoms with Gasteiger partial charge in [-0.1, -0.05) is 23.2 Å². The quantitative estimate of drug-likeness (QED) is 0.810. The zero-order chi connectivity index (χ0) is 12.1. The van der Waals surface area contributed by atoms with Gasteiger partial charge in [-0.05, 0) is 37.6 Å². The van der Waals surface area contributed by atoms with E-state index < -0.39 is 0 Å². The van der Waals surface area contributed by atoms with Crippen molar-refractivity contribution < 1.29 is 9.53 Å². The van der Waals surface area contributed by atoms with Gasteiger partial charge in [0.15, 0.2) is 5.78 Å². The lowest BCUT2D eigenvalue weighted by Gasteiger charge is -2.07. The molecule has 0 aliphatic carbocycles. The molecular weight excluding hydrogens is 247 g/mol. The van der Waals surface area contributed by atoms with E-state index in [4.69, 9.17) is 27.9 Å². The van der Waals surface area contributed by atoms with Crippen molar-refractivity contribution in [2.75, 3.05) is 6.61 Å². The zero-order valence-electron chi connectivity index (χ0n) is 9.30. The van der Waals surface area contributed by atoms with Gasteiger partial charge in [-0.3, -0.25) is 4.79 Å². The summed E-state index contributed by atoms with van der Waals surface area (Å²) in [5.74, 6) is -0.00198. The molecule has 0 spiro atoms. The van der Waals surface area contributed by atoms with Gasteiger partial charge in [0.25, 0.3) is 0 Å². The molecule has 1 aromatic rings. The van der Waals surface area contributed by atoms with E-state index in [0.29, 0.717) is 10.0 Å². The molecule has 0 radical (unpaired) electrons. The first-order valence-corrected chi connectivity index (χ1v) is 5.82. The van der Waals surface area contributed by atoms with Crippen LogP contribution in [0.1, 0.15) is 19.4 Å². The van der Waals surface area contributed by atoms with Crippen LogP contribution in [0.2, 0.25) is 10.0 Å². The van der Waals surface area contributed by atoms with Crippen molar-refractivity contribution in [1.82, 2.24) is 0 Å². The Balaban J connectivity index is 2.59. The molecule has 1 aromatic carbocycles. The van der Waals surface area contributed by atoms with Crippen molar-refractivity contribution in [3.05, 3.63) is 33.8 Å². The standard InChI is InChI=1S/C12H14Cl2O2/c1-8(2)16-7-11(15)6-9-5-10(13)3-4-12(9)14/h3-5,8H,6-7H2,1-2H3. The Labute approximate surface area is 106 Å². The van der Waals surface area contributed by atoms with Gasteiger partial charge in [0.2, 0.25) is 0 Å². The first kappa shape index (κ1) is 13.5. The van der Waals surface area contributed by atoms with Crippen LogP contribution < -0.4 is 0 Å². The first-order valence-electron chi connectivity index (χ1n) is 5.06.